The summed E-state index contributed by atoms with van der Waals surface area (Å²) in [6, 6.07) is 5.38. The van der Waals surface area contributed by atoms with E-state index in [1.54, 1.807) is 0 Å². The van der Waals surface area contributed by atoms with Gasteiger partial charge in [0.1, 0.15) is 5.56 Å². The largest absolute Gasteiger partial charge is 0.480 e. The number of aromatic nitrogens is 1. The van der Waals surface area contributed by atoms with Crippen LogP contribution >= 0.6 is 0 Å². The normalized spacial score (nSPS) is 14.3. The molecule has 1 saturated carbocycles. The summed E-state index contributed by atoms with van der Waals surface area (Å²) in [4.78, 5) is 27.2. The molecule has 1 aliphatic carbocycles. The van der Waals surface area contributed by atoms with E-state index in [9.17, 15) is 14.7 Å². The van der Waals surface area contributed by atoms with E-state index in [1.807, 2.05) is 12.1 Å². The van der Waals surface area contributed by atoms with E-state index >= 15 is 0 Å². The predicted octanol–water partition coefficient (Wildman–Crippen LogP) is 3.17. The number of rotatable bonds is 4. The number of fused-ring (bicyclic) bond motifs is 1. The number of pyridine rings is 1. The van der Waals surface area contributed by atoms with E-state index in [2.05, 4.69) is 10.3 Å². The summed E-state index contributed by atoms with van der Waals surface area (Å²) in [7, 11) is 1.39. The van der Waals surface area contributed by atoms with Gasteiger partial charge in [0.2, 0.25) is 11.8 Å². The summed E-state index contributed by atoms with van der Waals surface area (Å²) in [5, 5.41) is 12.7. The van der Waals surface area contributed by atoms with Crippen molar-refractivity contribution in [3.05, 3.63) is 29.3 Å². The number of anilines is 1. The number of amides is 1. The van der Waals surface area contributed by atoms with Crippen LogP contribution in [0.1, 0.15) is 48.0 Å². The Hall–Kier alpha value is -2.63. The van der Waals surface area contributed by atoms with Crippen molar-refractivity contribution >= 4 is 28.5 Å². The van der Waals surface area contributed by atoms with Crippen molar-refractivity contribution in [2.24, 2.45) is 0 Å². The Morgan fingerprint density at radius 3 is 2.57 bits per heavy atom. The molecule has 120 valence electrons. The van der Waals surface area contributed by atoms with Gasteiger partial charge in [0, 0.05) is 12.3 Å². The molecule has 0 aliphatic heterocycles. The summed E-state index contributed by atoms with van der Waals surface area (Å²) < 4.78 is 5.10. The maximum absolute atomic E-state index is 11.5. The zero-order chi connectivity index (χ0) is 16.6. The topological polar surface area (TPSA) is 88.5 Å². The van der Waals surface area contributed by atoms with Crippen molar-refractivity contribution in [3.8, 4) is 5.88 Å². The van der Waals surface area contributed by atoms with Crippen LogP contribution in [0.2, 0.25) is 0 Å². The molecule has 0 atom stereocenters. The third-order valence-electron chi connectivity index (χ3n) is 4.23. The van der Waals surface area contributed by atoms with Crippen LogP contribution in [0.25, 0.3) is 10.9 Å². The van der Waals surface area contributed by atoms with Gasteiger partial charge in [0.15, 0.2) is 0 Å². The first kappa shape index (κ1) is 15.3. The summed E-state index contributed by atoms with van der Waals surface area (Å²) >= 11 is 0. The van der Waals surface area contributed by atoms with E-state index in [-0.39, 0.29) is 17.4 Å². The highest BCUT2D eigenvalue weighted by Gasteiger charge is 2.23. The van der Waals surface area contributed by atoms with Gasteiger partial charge in [-0.1, -0.05) is 6.42 Å². The van der Waals surface area contributed by atoms with Crippen molar-refractivity contribution in [2.45, 2.75) is 32.1 Å². The number of hydrogen-bond acceptors (Lipinski definition) is 4. The van der Waals surface area contributed by atoms with Crippen molar-refractivity contribution in [1.29, 1.82) is 0 Å². The maximum Gasteiger partial charge on any atom is 0.341 e. The third-order valence-corrected chi connectivity index (χ3v) is 4.23. The van der Waals surface area contributed by atoms with E-state index in [0.717, 1.165) is 18.4 Å². The molecule has 0 bridgehead atoms. The lowest BCUT2D eigenvalue weighted by atomic mass is 9.79. The molecule has 2 aromatic rings. The Morgan fingerprint density at radius 2 is 2.04 bits per heavy atom. The first-order valence-electron chi connectivity index (χ1n) is 7.53. The zero-order valence-electron chi connectivity index (χ0n) is 13.0. The zero-order valence-corrected chi connectivity index (χ0v) is 13.0. The number of carboxylic acids is 1. The molecule has 1 fully saturated rings. The molecule has 6 nitrogen and oxygen atoms in total. The highest BCUT2D eigenvalue weighted by Crippen LogP contribution is 2.40. The second-order valence-corrected chi connectivity index (χ2v) is 5.79. The summed E-state index contributed by atoms with van der Waals surface area (Å²) in [5.41, 5.74) is 2.31. The minimum absolute atomic E-state index is 0.0250. The third kappa shape index (κ3) is 2.84. The van der Waals surface area contributed by atoms with Crippen LogP contribution in [0.5, 0.6) is 5.88 Å². The maximum atomic E-state index is 11.5. The van der Waals surface area contributed by atoms with Crippen molar-refractivity contribution < 1.29 is 19.4 Å². The van der Waals surface area contributed by atoms with Crippen LogP contribution in [0.4, 0.5) is 5.69 Å². The number of benzene rings is 1. The summed E-state index contributed by atoms with van der Waals surface area (Å²) in [6.07, 6.45) is 3.44. The molecule has 0 radical (unpaired) electrons. The van der Waals surface area contributed by atoms with Gasteiger partial charge in [0.05, 0.1) is 18.3 Å². The molecule has 2 N–H and O–H groups in total. The number of nitrogens with one attached hydrogen (secondary N) is 1. The SMILES string of the molecule is COc1nc2cc(C3CCC3)cc(NC(C)=O)c2cc1C(=O)O. The Morgan fingerprint density at radius 1 is 1.30 bits per heavy atom. The first-order chi connectivity index (χ1) is 11.0. The van der Waals surface area contributed by atoms with E-state index in [4.69, 9.17) is 4.74 Å². The second-order valence-electron chi connectivity index (χ2n) is 5.79. The highest BCUT2D eigenvalue weighted by atomic mass is 16.5. The lowest BCUT2D eigenvalue weighted by molar-refractivity contribution is -0.114. The Bertz CT molecular complexity index is 797. The predicted molar refractivity (Wildman–Crippen MR) is 86.2 cm³/mol. The Labute approximate surface area is 133 Å². The monoisotopic (exact) mass is 314 g/mol. The average molecular weight is 314 g/mol. The van der Waals surface area contributed by atoms with E-state index in [1.165, 1.54) is 26.5 Å². The summed E-state index contributed by atoms with van der Waals surface area (Å²) in [6.45, 7) is 1.43. The van der Waals surface area contributed by atoms with Crippen molar-refractivity contribution in [2.75, 3.05) is 12.4 Å². The van der Waals surface area contributed by atoms with Crippen LogP contribution in [0.3, 0.4) is 0 Å². The molecule has 6 heteroatoms. The minimum Gasteiger partial charge on any atom is -0.480 e. The number of carbonyl (C=O) groups excluding carboxylic acids is 1. The van der Waals surface area contributed by atoms with E-state index < -0.39 is 5.97 Å². The molecular formula is C17H18N2O4. The molecule has 1 aromatic carbocycles. The van der Waals surface area contributed by atoms with Gasteiger partial charge < -0.3 is 15.2 Å². The molecule has 1 aromatic heterocycles. The second kappa shape index (κ2) is 5.87. The number of carboxylic acid groups (broad SMARTS) is 1. The molecular weight excluding hydrogens is 296 g/mol. The molecule has 0 spiro atoms. The fraction of sp³-hybridized carbons (Fsp3) is 0.353. The Balaban J connectivity index is 2.23. The quantitative estimate of drug-likeness (QED) is 0.905. The highest BCUT2D eigenvalue weighted by molar-refractivity contribution is 6.04. The van der Waals surface area contributed by atoms with Gasteiger partial charge >= 0.3 is 5.97 Å². The van der Waals surface area contributed by atoms with Crippen LogP contribution in [-0.2, 0) is 4.79 Å². The fourth-order valence-electron chi connectivity index (χ4n) is 2.86. The van der Waals surface area contributed by atoms with Gasteiger partial charge in [0.25, 0.3) is 0 Å². The van der Waals surface area contributed by atoms with Crippen LogP contribution in [-0.4, -0.2) is 29.1 Å². The van der Waals surface area contributed by atoms with Gasteiger partial charge in [-0.15, -0.1) is 0 Å². The molecule has 1 aliphatic rings. The average Bonchev–Trinajstić information content (AvgIpc) is 2.43. The van der Waals surface area contributed by atoms with Gasteiger partial charge in [-0.3, -0.25) is 4.79 Å². The number of methoxy groups -OCH3 is 1. The smallest absolute Gasteiger partial charge is 0.341 e. The van der Waals surface area contributed by atoms with Gasteiger partial charge in [-0.05, 0) is 42.5 Å². The molecule has 0 unspecified atom stereocenters. The molecule has 23 heavy (non-hydrogen) atoms. The van der Waals surface area contributed by atoms with Crippen LogP contribution < -0.4 is 10.1 Å². The van der Waals surface area contributed by atoms with Crippen molar-refractivity contribution in [3.63, 3.8) is 0 Å². The fourth-order valence-corrected chi connectivity index (χ4v) is 2.86. The summed E-state index contributed by atoms with van der Waals surface area (Å²) in [5.74, 6) is -0.777. The number of carbonyl (C=O) groups is 2. The number of aromatic carboxylic acids is 1. The van der Waals surface area contributed by atoms with Crippen molar-refractivity contribution in [1.82, 2.24) is 4.98 Å². The molecule has 1 heterocycles. The molecule has 0 saturated heterocycles. The minimum atomic E-state index is -1.12. The number of nitrogens with zero attached hydrogens (tertiary/aromatic N) is 1. The lowest BCUT2D eigenvalue weighted by Crippen LogP contribution is -2.12. The molecule has 1 amide bonds. The van der Waals surface area contributed by atoms with E-state index in [0.29, 0.717) is 22.5 Å². The van der Waals surface area contributed by atoms with Gasteiger partial charge in [-0.25, -0.2) is 9.78 Å². The van der Waals surface area contributed by atoms with Gasteiger partial charge in [-0.2, -0.15) is 0 Å². The number of hydrogen-bond donors (Lipinski definition) is 2. The lowest BCUT2D eigenvalue weighted by Gasteiger charge is -2.26. The first-order valence-corrected chi connectivity index (χ1v) is 7.53. The Kier molecular flexibility index (Phi) is 3.90. The van der Waals surface area contributed by atoms with Crippen LogP contribution in [0.15, 0.2) is 18.2 Å². The standard InChI is InChI=1S/C17H18N2O4/c1-9(20)18-14-6-11(10-4-3-5-10)7-15-12(14)8-13(17(21)22)16(19-15)23-2/h6-8,10H,3-5H2,1-2H3,(H,18,20)(H,21,22). The molecule has 3 rings (SSSR count). The number of ether oxygens (including phenoxy) is 1. The van der Waals surface area contributed by atoms with Crippen LogP contribution in [0, 0.1) is 0 Å².